The third-order valence-electron chi connectivity index (χ3n) is 7.40. The Morgan fingerprint density at radius 1 is 1.23 bits per heavy atom. The summed E-state index contributed by atoms with van der Waals surface area (Å²) in [7, 11) is 0. The third-order valence-corrected chi connectivity index (χ3v) is 7.40. The summed E-state index contributed by atoms with van der Waals surface area (Å²) >= 11 is 0. The van der Waals surface area contributed by atoms with Crippen molar-refractivity contribution < 1.29 is 28.6 Å². The molecule has 6 nitrogen and oxygen atoms in total. The second-order valence-electron chi connectivity index (χ2n) is 10.0. The van der Waals surface area contributed by atoms with Crippen LogP contribution in [0.15, 0.2) is 23.8 Å². The maximum Gasteiger partial charge on any atom is 0.331 e. The predicted octanol–water partition coefficient (Wildman–Crippen LogP) is 3.99. The monoisotopic (exact) mass is 418 g/mol. The highest BCUT2D eigenvalue weighted by molar-refractivity contribution is 5.87. The molecule has 6 atom stereocenters. The Kier molecular flexibility index (Phi) is 5.91. The first-order chi connectivity index (χ1) is 13.9. The average Bonchev–Trinajstić information content (AvgIpc) is 3.07. The quantitative estimate of drug-likeness (QED) is 0.297. The van der Waals surface area contributed by atoms with Crippen LogP contribution in [-0.4, -0.2) is 36.7 Å². The molecule has 1 spiro atoms. The zero-order chi connectivity index (χ0) is 22.4. The van der Waals surface area contributed by atoms with E-state index < -0.39 is 23.6 Å². The van der Waals surface area contributed by atoms with E-state index >= 15 is 0 Å². The second-order valence-corrected chi connectivity index (χ2v) is 10.0. The van der Waals surface area contributed by atoms with Crippen molar-refractivity contribution in [1.82, 2.24) is 0 Å². The fraction of sp³-hybridized carbons (Fsp3) is 0.708. The molecule has 3 fully saturated rings. The van der Waals surface area contributed by atoms with Crippen LogP contribution < -0.4 is 0 Å². The Balaban J connectivity index is 2.09. The highest BCUT2D eigenvalue weighted by atomic mass is 16.6. The maximum atomic E-state index is 13.1. The highest BCUT2D eigenvalue weighted by Gasteiger charge is 2.72. The zero-order valence-corrected chi connectivity index (χ0v) is 18.9. The van der Waals surface area contributed by atoms with Crippen molar-refractivity contribution in [2.75, 3.05) is 6.61 Å². The van der Waals surface area contributed by atoms with Crippen molar-refractivity contribution in [1.29, 1.82) is 0 Å². The molecule has 3 rings (SSSR count). The van der Waals surface area contributed by atoms with Crippen LogP contribution in [0.5, 0.6) is 0 Å². The highest BCUT2D eigenvalue weighted by Crippen LogP contribution is 2.66. The number of rotatable bonds is 4. The minimum atomic E-state index is -1.09. The Morgan fingerprint density at radius 2 is 1.90 bits per heavy atom. The van der Waals surface area contributed by atoms with Crippen LogP contribution in [0.1, 0.15) is 60.8 Å². The first kappa shape index (κ1) is 22.6. The van der Waals surface area contributed by atoms with E-state index in [4.69, 9.17) is 14.2 Å². The molecular weight excluding hydrogens is 384 g/mol. The van der Waals surface area contributed by atoms with Crippen molar-refractivity contribution in [2.45, 2.75) is 73.0 Å². The molecule has 0 aromatic rings. The normalized spacial score (nSPS) is 37.7. The summed E-state index contributed by atoms with van der Waals surface area (Å²) < 4.78 is 17.3. The minimum absolute atomic E-state index is 0.128. The van der Waals surface area contributed by atoms with E-state index in [0.29, 0.717) is 18.4 Å². The SMILES string of the molecule is C=C1COC(=O)[C@]12C[C@@]1(C)[C@H]([C@@H](OC(=O)C(C)C)CC[C@@H]1C)[C@H]2OC(=O)C=C(C)C. The van der Waals surface area contributed by atoms with Gasteiger partial charge < -0.3 is 14.2 Å². The smallest absolute Gasteiger partial charge is 0.331 e. The fourth-order valence-electron chi connectivity index (χ4n) is 5.57. The number of fused-ring (bicyclic) bond motifs is 1. The van der Waals surface area contributed by atoms with Crippen LogP contribution in [0, 0.1) is 28.6 Å². The predicted molar refractivity (Wildman–Crippen MR) is 111 cm³/mol. The lowest BCUT2D eigenvalue weighted by Gasteiger charge is -2.46. The number of cyclic esters (lactones) is 1. The standard InChI is InChI=1S/C24H34O6/c1-13(2)10-18(25)30-20-19-17(29-21(26)14(3)4)9-8-15(5)23(19,7)12-24(20)16(6)11-28-22(24)27/h10,14-15,17,19-20H,6,8-9,11-12H2,1-5,7H3/t15-,17-,19+,20+,23+,24+/m0/s1. The van der Waals surface area contributed by atoms with Crippen molar-refractivity contribution in [2.24, 2.45) is 28.6 Å². The summed E-state index contributed by atoms with van der Waals surface area (Å²) in [6, 6.07) is 0. The van der Waals surface area contributed by atoms with E-state index in [-0.39, 0.29) is 41.7 Å². The zero-order valence-electron chi connectivity index (χ0n) is 18.9. The minimum Gasteiger partial charge on any atom is -0.462 e. The van der Waals surface area contributed by atoms with Gasteiger partial charge in [-0.15, -0.1) is 0 Å². The lowest BCUT2D eigenvalue weighted by Crippen LogP contribution is -2.50. The van der Waals surface area contributed by atoms with Gasteiger partial charge in [0, 0.05) is 12.0 Å². The first-order valence-electron chi connectivity index (χ1n) is 10.8. The Labute approximate surface area is 179 Å². The molecule has 0 aromatic carbocycles. The van der Waals surface area contributed by atoms with E-state index in [2.05, 4.69) is 20.4 Å². The molecule has 166 valence electrons. The molecule has 0 N–H and O–H groups in total. The van der Waals surface area contributed by atoms with E-state index in [0.717, 1.165) is 12.0 Å². The first-order valence-corrected chi connectivity index (χ1v) is 10.8. The fourth-order valence-corrected chi connectivity index (χ4v) is 5.57. The number of esters is 3. The van der Waals surface area contributed by atoms with Gasteiger partial charge >= 0.3 is 17.9 Å². The van der Waals surface area contributed by atoms with Gasteiger partial charge in [0.1, 0.15) is 24.2 Å². The summed E-state index contributed by atoms with van der Waals surface area (Å²) in [4.78, 5) is 38.2. The summed E-state index contributed by atoms with van der Waals surface area (Å²) in [5.41, 5.74) is -0.00434. The van der Waals surface area contributed by atoms with Crippen LogP contribution in [0.25, 0.3) is 0 Å². The van der Waals surface area contributed by atoms with Crippen molar-refractivity contribution >= 4 is 17.9 Å². The summed E-state index contributed by atoms with van der Waals surface area (Å²) in [5.74, 6) is -1.46. The van der Waals surface area contributed by atoms with Gasteiger partial charge in [-0.25, -0.2) is 4.79 Å². The average molecular weight is 419 g/mol. The van der Waals surface area contributed by atoms with Gasteiger partial charge in [0.2, 0.25) is 0 Å². The van der Waals surface area contributed by atoms with Gasteiger partial charge in [-0.1, -0.05) is 39.8 Å². The number of carbonyl (C=O) groups excluding carboxylic acids is 3. The van der Waals surface area contributed by atoms with Crippen molar-refractivity contribution in [3.05, 3.63) is 23.8 Å². The molecule has 1 heterocycles. The van der Waals surface area contributed by atoms with Gasteiger partial charge in [-0.05, 0) is 50.0 Å². The molecule has 30 heavy (non-hydrogen) atoms. The van der Waals surface area contributed by atoms with Crippen LogP contribution >= 0.6 is 0 Å². The van der Waals surface area contributed by atoms with Crippen LogP contribution in [0.2, 0.25) is 0 Å². The number of hydrogen-bond donors (Lipinski definition) is 0. The van der Waals surface area contributed by atoms with Crippen LogP contribution in [0.4, 0.5) is 0 Å². The molecule has 0 unspecified atom stereocenters. The number of allylic oxidation sites excluding steroid dienone is 1. The molecule has 1 aliphatic heterocycles. The third kappa shape index (κ3) is 3.48. The largest absolute Gasteiger partial charge is 0.462 e. The van der Waals surface area contributed by atoms with Gasteiger partial charge in [0.15, 0.2) is 0 Å². The lowest BCUT2D eigenvalue weighted by molar-refractivity contribution is -0.175. The van der Waals surface area contributed by atoms with E-state index in [1.807, 2.05) is 13.8 Å². The molecule has 3 aliphatic rings. The van der Waals surface area contributed by atoms with E-state index in [1.54, 1.807) is 13.8 Å². The number of hydrogen-bond acceptors (Lipinski definition) is 6. The van der Waals surface area contributed by atoms with Crippen molar-refractivity contribution in [3.8, 4) is 0 Å². The van der Waals surface area contributed by atoms with Gasteiger partial charge in [-0.2, -0.15) is 0 Å². The molecule has 0 amide bonds. The Hall–Kier alpha value is -2.11. The van der Waals surface area contributed by atoms with Crippen LogP contribution in [-0.2, 0) is 28.6 Å². The molecule has 0 bridgehead atoms. The molecule has 6 heteroatoms. The number of carbonyl (C=O) groups is 3. The molecule has 1 saturated heterocycles. The topological polar surface area (TPSA) is 78.9 Å². The molecular formula is C24H34O6. The Morgan fingerprint density at radius 3 is 2.43 bits per heavy atom. The van der Waals surface area contributed by atoms with E-state index in [1.165, 1.54) is 6.08 Å². The summed E-state index contributed by atoms with van der Waals surface area (Å²) in [6.45, 7) is 15.8. The second kappa shape index (κ2) is 7.86. The summed E-state index contributed by atoms with van der Waals surface area (Å²) in [6.07, 6.45) is 2.25. The van der Waals surface area contributed by atoms with Crippen molar-refractivity contribution in [3.63, 3.8) is 0 Å². The lowest BCUT2D eigenvalue weighted by atomic mass is 9.61. The molecule has 0 radical (unpaired) electrons. The molecule has 0 aromatic heterocycles. The molecule has 2 saturated carbocycles. The van der Waals surface area contributed by atoms with Gasteiger partial charge in [0.25, 0.3) is 0 Å². The number of ether oxygens (including phenoxy) is 3. The Bertz CT molecular complexity index is 774. The van der Waals surface area contributed by atoms with Gasteiger partial charge in [-0.3, -0.25) is 9.59 Å². The molecule has 2 aliphatic carbocycles. The summed E-state index contributed by atoms with van der Waals surface area (Å²) in [5, 5.41) is 0. The van der Waals surface area contributed by atoms with Crippen LogP contribution in [0.3, 0.4) is 0 Å². The van der Waals surface area contributed by atoms with Gasteiger partial charge in [0.05, 0.1) is 5.92 Å². The maximum absolute atomic E-state index is 13.1. The van der Waals surface area contributed by atoms with E-state index in [9.17, 15) is 14.4 Å².